The monoisotopic (exact) mass is 418 g/mol. The lowest BCUT2D eigenvalue weighted by atomic mass is 9.79. The first-order valence-electron chi connectivity index (χ1n) is 11.6. The Hall–Kier alpha value is -1.84. The van der Waals surface area contributed by atoms with Crippen molar-refractivity contribution in [2.45, 2.75) is 92.4 Å². The number of hydrogen-bond acceptors (Lipinski definition) is 4. The zero-order valence-electron chi connectivity index (χ0n) is 20.2. The average Bonchev–Trinajstić information content (AvgIpc) is 2.67. The molecule has 0 radical (unpaired) electrons. The minimum atomic E-state index is -0.451. The van der Waals surface area contributed by atoms with Crippen LogP contribution in [0.25, 0.3) is 0 Å². The SMILES string of the molecule is CCCC(C)(C)c1ccc(C(=O)OCCCC(C)C)c(C(=O)OCCCC(C)C)c1. The van der Waals surface area contributed by atoms with E-state index < -0.39 is 11.9 Å². The van der Waals surface area contributed by atoms with E-state index in [0.29, 0.717) is 36.2 Å². The zero-order chi connectivity index (χ0) is 22.7. The molecule has 0 saturated carbocycles. The van der Waals surface area contributed by atoms with Gasteiger partial charge in [-0.15, -0.1) is 0 Å². The topological polar surface area (TPSA) is 52.6 Å². The molecule has 0 atom stereocenters. The van der Waals surface area contributed by atoms with Gasteiger partial charge in [-0.1, -0.05) is 61.0 Å². The summed E-state index contributed by atoms with van der Waals surface area (Å²) in [5.74, 6) is 0.244. The molecule has 0 aliphatic carbocycles. The van der Waals surface area contributed by atoms with Gasteiger partial charge in [-0.3, -0.25) is 0 Å². The molecular weight excluding hydrogens is 376 g/mol. The van der Waals surface area contributed by atoms with Crippen molar-refractivity contribution in [3.63, 3.8) is 0 Å². The minimum absolute atomic E-state index is 0.0822. The quantitative estimate of drug-likeness (QED) is 0.257. The van der Waals surface area contributed by atoms with Gasteiger partial charge in [0.1, 0.15) is 0 Å². The van der Waals surface area contributed by atoms with E-state index in [1.165, 1.54) is 0 Å². The fourth-order valence-corrected chi connectivity index (χ4v) is 3.55. The van der Waals surface area contributed by atoms with Crippen LogP contribution in [-0.4, -0.2) is 25.2 Å². The molecule has 0 saturated heterocycles. The highest BCUT2D eigenvalue weighted by Crippen LogP contribution is 2.30. The Morgan fingerprint density at radius 1 is 0.867 bits per heavy atom. The van der Waals surface area contributed by atoms with Crippen LogP contribution in [0.4, 0.5) is 0 Å². The second-order valence-electron chi connectivity index (χ2n) is 9.74. The van der Waals surface area contributed by atoms with Gasteiger partial charge in [0.2, 0.25) is 0 Å². The average molecular weight is 419 g/mol. The number of rotatable bonds is 13. The molecule has 1 rings (SSSR count). The maximum Gasteiger partial charge on any atom is 0.339 e. The molecule has 0 bridgehead atoms. The van der Waals surface area contributed by atoms with E-state index in [9.17, 15) is 9.59 Å². The Labute approximate surface area is 183 Å². The Balaban J connectivity index is 3.01. The molecular formula is C26H42O4. The van der Waals surface area contributed by atoms with Gasteiger partial charge in [0.05, 0.1) is 24.3 Å². The molecule has 4 heteroatoms. The normalized spacial score (nSPS) is 11.8. The summed E-state index contributed by atoms with van der Waals surface area (Å²) in [5, 5.41) is 0. The van der Waals surface area contributed by atoms with Crippen molar-refractivity contribution in [1.29, 1.82) is 0 Å². The fourth-order valence-electron chi connectivity index (χ4n) is 3.55. The van der Waals surface area contributed by atoms with Gasteiger partial charge in [-0.05, 0) is 67.1 Å². The lowest BCUT2D eigenvalue weighted by molar-refractivity contribution is 0.0447. The number of esters is 2. The summed E-state index contributed by atoms with van der Waals surface area (Å²) in [6.45, 7) is 15.8. The van der Waals surface area contributed by atoms with Crippen LogP contribution >= 0.6 is 0 Å². The molecule has 0 amide bonds. The van der Waals surface area contributed by atoms with Crippen molar-refractivity contribution in [2.75, 3.05) is 13.2 Å². The zero-order valence-corrected chi connectivity index (χ0v) is 20.2. The van der Waals surface area contributed by atoms with Crippen molar-refractivity contribution < 1.29 is 19.1 Å². The van der Waals surface area contributed by atoms with Crippen LogP contribution in [0.1, 0.15) is 113 Å². The molecule has 4 nitrogen and oxygen atoms in total. The molecule has 0 aliphatic rings. The largest absolute Gasteiger partial charge is 0.462 e. The molecule has 0 fully saturated rings. The number of ether oxygens (including phenoxy) is 2. The predicted molar refractivity (Wildman–Crippen MR) is 123 cm³/mol. The van der Waals surface area contributed by atoms with Gasteiger partial charge in [0.15, 0.2) is 0 Å². The first-order chi connectivity index (χ1) is 14.1. The molecule has 0 aliphatic heterocycles. The van der Waals surface area contributed by atoms with Gasteiger partial charge >= 0.3 is 11.9 Å². The second-order valence-corrected chi connectivity index (χ2v) is 9.74. The molecule has 1 aromatic carbocycles. The fraction of sp³-hybridized carbons (Fsp3) is 0.692. The first-order valence-corrected chi connectivity index (χ1v) is 11.6. The van der Waals surface area contributed by atoms with Gasteiger partial charge in [-0.2, -0.15) is 0 Å². The molecule has 30 heavy (non-hydrogen) atoms. The van der Waals surface area contributed by atoms with E-state index in [2.05, 4.69) is 48.5 Å². The van der Waals surface area contributed by atoms with Crippen LogP contribution in [0.3, 0.4) is 0 Å². The standard InChI is InChI=1S/C26H42O4/c1-8-15-26(6,7)21-13-14-22(24(27)29-16-9-11-19(2)3)23(18-21)25(28)30-17-10-12-20(4)5/h13-14,18-20H,8-12,15-17H2,1-7H3. The first kappa shape index (κ1) is 26.2. The lowest BCUT2D eigenvalue weighted by Crippen LogP contribution is -2.20. The smallest absolute Gasteiger partial charge is 0.339 e. The molecule has 0 unspecified atom stereocenters. The highest BCUT2D eigenvalue weighted by Gasteiger charge is 2.25. The van der Waals surface area contributed by atoms with Crippen LogP contribution in [-0.2, 0) is 14.9 Å². The van der Waals surface area contributed by atoms with Crippen LogP contribution in [0.2, 0.25) is 0 Å². The lowest BCUT2D eigenvalue weighted by Gasteiger charge is -2.25. The van der Waals surface area contributed by atoms with Crippen LogP contribution in [0.15, 0.2) is 18.2 Å². The second kappa shape index (κ2) is 12.8. The summed E-state index contributed by atoms with van der Waals surface area (Å²) in [6.07, 6.45) is 5.68. The molecule has 0 N–H and O–H groups in total. The molecule has 1 aromatic rings. The predicted octanol–water partition coefficient (Wildman–Crippen LogP) is 6.95. The number of carbonyl (C=O) groups excluding carboxylic acids is 2. The van der Waals surface area contributed by atoms with Crippen LogP contribution in [0.5, 0.6) is 0 Å². The van der Waals surface area contributed by atoms with Gasteiger partial charge in [0.25, 0.3) is 0 Å². The van der Waals surface area contributed by atoms with Gasteiger partial charge in [-0.25, -0.2) is 9.59 Å². The summed E-state index contributed by atoms with van der Waals surface area (Å²) in [6, 6.07) is 5.49. The van der Waals surface area contributed by atoms with E-state index in [1.807, 2.05) is 12.1 Å². The summed E-state index contributed by atoms with van der Waals surface area (Å²) in [7, 11) is 0. The summed E-state index contributed by atoms with van der Waals surface area (Å²) in [5.41, 5.74) is 1.57. The van der Waals surface area contributed by atoms with E-state index in [-0.39, 0.29) is 5.41 Å². The van der Waals surface area contributed by atoms with Crippen LogP contribution < -0.4 is 0 Å². The molecule has 170 valence electrons. The van der Waals surface area contributed by atoms with Crippen molar-refractivity contribution in [2.24, 2.45) is 11.8 Å². The summed E-state index contributed by atoms with van der Waals surface area (Å²) >= 11 is 0. The van der Waals surface area contributed by atoms with Crippen molar-refractivity contribution in [3.05, 3.63) is 34.9 Å². The summed E-state index contributed by atoms with van der Waals surface area (Å²) in [4.78, 5) is 25.5. The van der Waals surface area contributed by atoms with E-state index in [1.54, 1.807) is 6.07 Å². The Morgan fingerprint density at radius 2 is 1.37 bits per heavy atom. The number of benzene rings is 1. The Bertz CT molecular complexity index is 674. The third kappa shape index (κ3) is 8.89. The van der Waals surface area contributed by atoms with E-state index in [4.69, 9.17) is 9.47 Å². The van der Waals surface area contributed by atoms with Crippen molar-refractivity contribution in [1.82, 2.24) is 0 Å². The Kier molecular flexibility index (Phi) is 11.1. The van der Waals surface area contributed by atoms with Gasteiger partial charge < -0.3 is 9.47 Å². The van der Waals surface area contributed by atoms with Crippen LogP contribution in [0, 0.1) is 11.8 Å². The molecule has 0 spiro atoms. The highest BCUT2D eigenvalue weighted by molar-refractivity contribution is 6.03. The van der Waals surface area contributed by atoms with Crippen molar-refractivity contribution in [3.8, 4) is 0 Å². The Morgan fingerprint density at radius 3 is 1.83 bits per heavy atom. The maximum absolute atomic E-state index is 12.8. The van der Waals surface area contributed by atoms with E-state index in [0.717, 1.165) is 44.1 Å². The third-order valence-electron chi connectivity index (χ3n) is 5.43. The minimum Gasteiger partial charge on any atom is -0.462 e. The highest BCUT2D eigenvalue weighted by atomic mass is 16.5. The van der Waals surface area contributed by atoms with Crippen molar-refractivity contribution >= 4 is 11.9 Å². The maximum atomic E-state index is 12.8. The molecule has 0 heterocycles. The number of hydrogen-bond donors (Lipinski definition) is 0. The number of carbonyl (C=O) groups is 2. The third-order valence-corrected chi connectivity index (χ3v) is 5.43. The summed E-state index contributed by atoms with van der Waals surface area (Å²) < 4.78 is 11.0. The molecule has 0 aromatic heterocycles. The van der Waals surface area contributed by atoms with E-state index >= 15 is 0 Å². The van der Waals surface area contributed by atoms with Gasteiger partial charge in [0, 0.05) is 0 Å².